The van der Waals surface area contributed by atoms with Crippen LogP contribution in [-0.4, -0.2) is 41.6 Å². The molecule has 3 atom stereocenters. The maximum Gasteiger partial charge on any atom is 0.490 e. The topological polar surface area (TPSA) is 96.9 Å². The molecule has 6 nitrogen and oxygen atoms in total. The number of ether oxygens (including phenoxy) is 1. The van der Waals surface area contributed by atoms with Gasteiger partial charge in [-0.15, -0.1) is 0 Å². The summed E-state index contributed by atoms with van der Waals surface area (Å²) < 4.78 is 37.6. The number of fused-ring (bicyclic) bond motifs is 3. The van der Waals surface area contributed by atoms with Crippen LogP contribution in [0.15, 0.2) is 4.99 Å². The average molecular weight is 325 g/mol. The van der Waals surface area contributed by atoms with E-state index in [1.54, 1.807) is 0 Å². The molecular formula is C13H22F3N3O3. The van der Waals surface area contributed by atoms with Gasteiger partial charge in [-0.25, -0.2) is 9.79 Å². The number of carboxylic acids is 1. The van der Waals surface area contributed by atoms with Gasteiger partial charge in [0.2, 0.25) is 0 Å². The number of nitrogens with zero attached hydrogens (tertiary/aromatic N) is 1. The number of hydrogen-bond acceptors (Lipinski definition) is 5. The Morgan fingerprint density at radius 1 is 1.45 bits per heavy atom. The Bertz CT molecular complexity index is 402. The minimum atomic E-state index is -5.08. The van der Waals surface area contributed by atoms with Crippen molar-refractivity contribution in [2.24, 2.45) is 10.7 Å². The van der Waals surface area contributed by atoms with Gasteiger partial charge in [0.05, 0.1) is 12.1 Å². The molecule has 3 heterocycles. The molecule has 0 aromatic heterocycles. The third kappa shape index (κ3) is 6.08. The molecule has 1 saturated heterocycles. The number of rotatable bonds is 4. The SMILES string of the molecule is CCCCC[C@@H]1O[C@@H]2CC[C@H]1NC(N)=N2.O=C(O)C(F)(F)F. The number of halogens is 3. The number of alkyl halides is 3. The van der Waals surface area contributed by atoms with Crippen LogP contribution >= 0.6 is 0 Å². The highest BCUT2D eigenvalue weighted by molar-refractivity contribution is 5.78. The lowest BCUT2D eigenvalue weighted by molar-refractivity contribution is -0.192. The van der Waals surface area contributed by atoms with E-state index in [0.717, 1.165) is 19.3 Å². The quantitative estimate of drug-likeness (QED) is 0.687. The first-order valence-electron chi connectivity index (χ1n) is 7.29. The molecule has 0 aromatic rings. The van der Waals surface area contributed by atoms with Gasteiger partial charge in [0.15, 0.2) is 12.2 Å². The van der Waals surface area contributed by atoms with Crippen molar-refractivity contribution in [1.82, 2.24) is 5.32 Å². The van der Waals surface area contributed by atoms with Crippen molar-refractivity contribution in [1.29, 1.82) is 0 Å². The molecule has 0 saturated carbocycles. The first-order chi connectivity index (χ1) is 10.2. The Morgan fingerprint density at radius 3 is 2.64 bits per heavy atom. The summed E-state index contributed by atoms with van der Waals surface area (Å²) in [6.07, 6.45) is 2.27. The lowest BCUT2D eigenvalue weighted by atomic mass is 9.97. The second kappa shape index (κ2) is 8.21. The van der Waals surface area contributed by atoms with Gasteiger partial charge in [-0.3, -0.25) is 0 Å². The maximum absolute atomic E-state index is 10.6. The lowest BCUT2D eigenvalue weighted by Crippen LogP contribution is -2.47. The summed E-state index contributed by atoms with van der Waals surface area (Å²) in [6, 6.07) is 0.379. The third-order valence-corrected chi connectivity index (χ3v) is 3.46. The molecule has 2 bridgehead atoms. The Morgan fingerprint density at radius 2 is 2.09 bits per heavy atom. The van der Waals surface area contributed by atoms with Gasteiger partial charge in [-0.05, 0) is 19.3 Å². The van der Waals surface area contributed by atoms with Gasteiger partial charge in [0, 0.05) is 0 Å². The van der Waals surface area contributed by atoms with Gasteiger partial charge in [0.25, 0.3) is 0 Å². The Labute approximate surface area is 126 Å². The summed E-state index contributed by atoms with van der Waals surface area (Å²) in [6.45, 7) is 2.22. The predicted octanol–water partition coefficient (Wildman–Crippen LogP) is 1.99. The maximum atomic E-state index is 10.6. The molecule has 3 aliphatic rings. The van der Waals surface area contributed by atoms with Crippen LogP contribution in [0, 0.1) is 0 Å². The van der Waals surface area contributed by atoms with Crippen LogP contribution in [0.2, 0.25) is 0 Å². The van der Waals surface area contributed by atoms with E-state index in [2.05, 4.69) is 17.2 Å². The van der Waals surface area contributed by atoms with Crippen molar-refractivity contribution in [2.75, 3.05) is 0 Å². The van der Waals surface area contributed by atoms with E-state index in [9.17, 15) is 13.2 Å². The van der Waals surface area contributed by atoms with E-state index < -0.39 is 12.1 Å². The molecule has 0 aromatic carbocycles. The van der Waals surface area contributed by atoms with Crippen molar-refractivity contribution in [3.63, 3.8) is 0 Å². The molecule has 4 N–H and O–H groups in total. The molecule has 1 fully saturated rings. The summed E-state index contributed by atoms with van der Waals surface area (Å²) in [7, 11) is 0. The molecule has 9 heteroatoms. The van der Waals surface area contributed by atoms with E-state index in [1.165, 1.54) is 19.3 Å². The summed E-state index contributed by atoms with van der Waals surface area (Å²) >= 11 is 0. The molecule has 0 aliphatic carbocycles. The van der Waals surface area contributed by atoms with Crippen molar-refractivity contribution in [3.8, 4) is 0 Å². The lowest BCUT2D eigenvalue weighted by Gasteiger charge is -2.32. The molecule has 3 rings (SSSR count). The number of carbonyl (C=O) groups is 1. The van der Waals surface area contributed by atoms with Crippen molar-refractivity contribution in [3.05, 3.63) is 0 Å². The summed E-state index contributed by atoms with van der Waals surface area (Å²) in [5.74, 6) is -2.20. The van der Waals surface area contributed by atoms with Gasteiger partial charge in [-0.2, -0.15) is 13.2 Å². The number of nitrogens with one attached hydrogen (secondary N) is 1. The van der Waals surface area contributed by atoms with Crippen LogP contribution in [0.3, 0.4) is 0 Å². The summed E-state index contributed by atoms with van der Waals surface area (Å²) in [4.78, 5) is 13.2. The average Bonchev–Trinajstić information content (AvgIpc) is 2.67. The van der Waals surface area contributed by atoms with Crippen LogP contribution < -0.4 is 11.1 Å². The van der Waals surface area contributed by atoms with E-state index in [-0.39, 0.29) is 6.23 Å². The van der Waals surface area contributed by atoms with Crippen LogP contribution in [-0.2, 0) is 9.53 Å². The smallest absolute Gasteiger partial charge is 0.475 e. The van der Waals surface area contributed by atoms with Crippen LogP contribution in [0.5, 0.6) is 0 Å². The van der Waals surface area contributed by atoms with E-state index in [1.807, 2.05) is 0 Å². The fourth-order valence-corrected chi connectivity index (χ4v) is 2.38. The molecular weight excluding hydrogens is 303 g/mol. The Hall–Kier alpha value is -1.51. The molecule has 0 spiro atoms. The number of nitrogens with two attached hydrogens (primary N) is 1. The minimum absolute atomic E-state index is 0.00266. The summed E-state index contributed by atoms with van der Waals surface area (Å²) in [5.41, 5.74) is 5.73. The normalized spacial score (nSPS) is 27.1. The van der Waals surface area contributed by atoms with Crippen LogP contribution in [0.25, 0.3) is 0 Å². The van der Waals surface area contributed by atoms with E-state index in [4.69, 9.17) is 20.4 Å². The predicted molar refractivity (Wildman–Crippen MR) is 74.3 cm³/mol. The van der Waals surface area contributed by atoms with Gasteiger partial charge < -0.3 is 20.9 Å². The second-order valence-corrected chi connectivity index (χ2v) is 5.27. The number of hydrogen-bond donors (Lipinski definition) is 3. The van der Waals surface area contributed by atoms with E-state index in [0.29, 0.717) is 18.1 Å². The number of unbranched alkanes of at least 4 members (excludes halogenated alkanes) is 2. The number of carboxylic acid groups (broad SMARTS) is 1. The summed E-state index contributed by atoms with van der Waals surface area (Å²) in [5, 5.41) is 10.4. The zero-order valence-electron chi connectivity index (χ0n) is 12.4. The van der Waals surface area contributed by atoms with E-state index >= 15 is 0 Å². The molecule has 22 heavy (non-hydrogen) atoms. The standard InChI is InChI=1S/C11H21N3O.C2HF3O2/c1-2-3-4-5-9-8-6-7-10(15-9)14-11(12)13-8;3-2(4,5)1(6)7/h8-10H,2-7H2,1H3,(H3,12,13,14);(H,6,7)/t8-,9+,10-;/m1./s1. The minimum Gasteiger partial charge on any atom is -0.475 e. The zero-order valence-corrected chi connectivity index (χ0v) is 12.4. The number of aliphatic carboxylic acids is 1. The largest absolute Gasteiger partial charge is 0.490 e. The van der Waals surface area contributed by atoms with Gasteiger partial charge in [0.1, 0.15) is 0 Å². The highest BCUT2D eigenvalue weighted by atomic mass is 19.4. The molecule has 0 amide bonds. The Balaban J connectivity index is 0.000000295. The molecule has 0 unspecified atom stereocenters. The number of guanidine groups is 1. The van der Waals surface area contributed by atoms with Gasteiger partial charge in [-0.1, -0.05) is 26.2 Å². The monoisotopic (exact) mass is 325 g/mol. The fraction of sp³-hybridized carbons (Fsp3) is 0.846. The highest BCUT2D eigenvalue weighted by Gasteiger charge is 2.38. The first kappa shape index (κ1) is 18.5. The Kier molecular flexibility index (Phi) is 6.92. The highest BCUT2D eigenvalue weighted by Crippen LogP contribution is 2.26. The second-order valence-electron chi connectivity index (χ2n) is 5.27. The zero-order chi connectivity index (χ0) is 16.8. The van der Waals surface area contributed by atoms with Crippen molar-refractivity contribution in [2.45, 2.75) is 70.0 Å². The van der Waals surface area contributed by atoms with Crippen molar-refractivity contribution >= 4 is 11.9 Å². The van der Waals surface area contributed by atoms with Gasteiger partial charge >= 0.3 is 12.1 Å². The third-order valence-electron chi connectivity index (χ3n) is 3.46. The molecule has 3 aliphatic heterocycles. The van der Waals surface area contributed by atoms with Crippen molar-refractivity contribution < 1.29 is 27.8 Å². The van der Waals surface area contributed by atoms with Crippen LogP contribution in [0.1, 0.15) is 45.4 Å². The molecule has 0 radical (unpaired) electrons. The first-order valence-corrected chi connectivity index (χ1v) is 7.29. The molecule has 128 valence electrons. The number of aliphatic imine (C=N–C) groups is 1. The fourth-order valence-electron chi connectivity index (χ4n) is 2.38. The van der Waals surface area contributed by atoms with Crippen LogP contribution in [0.4, 0.5) is 13.2 Å².